The maximum atomic E-state index is 12.3. The summed E-state index contributed by atoms with van der Waals surface area (Å²) in [5.74, 6) is 1.31. The highest BCUT2D eigenvalue weighted by Crippen LogP contribution is 2.26. The van der Waals surface area contributed by atoms with Crippen molar-refractivity contribution >= 4 is 11.7 Å². The number of rotatable bonds is 5. The minimum absolute atomic E-state index is 0.264. The van der Waals surface area contributed by atoms with E-state index < -0.39 is 0 Å². The van der Waals surface area contributed by atoms with Crippen molar-refractivity contribution in [1.29, 1.82) is 0 Å². The van der Waals surface area contributed by atoms with Crippen molar-refractivity contribution in [2.24, 2.45) is 5.92 Å². The van der Waals surface area contributed by atoms with Crippen LogP contribution < -0.4 is 10.6 Å². The zero-order valence-corrected chi connectivity index (χ0v) is 15.2. The molecule has 1 aliphatic rings. The topological polar surface area (TPSA) is 92.5 Å². The van der Waals surface area contributed by atoms with Crippen molar-refractivity contribution in [3.63, 3.8) is 0 Å². The predicted molar refractivity (Wildman–Crippen MR) is 97.9 cm³/mol. The Hall–Kier alpha value is -2.45. The number of aryl methyl sites for hydroxylation is 1. The first-order valence-corrected chi connectivity index (χ1v) is 8.88. The lowest BCUT2D eigenvalue weighted by molar-refractivity contribution is 0.122. The Kier molecular flexibility index (Phi) is 6.19. The second-order valence-electron chi connectivity index (χ2n) is 6.45. The average Bonchev–Trinajstić information content (AvgIpc) is 3.02. The van der Waals surface area contributed by atoms with Crippen molar-refractivity contribution in [3.8, 4) is 11.5 Å². The number of urea groups is 1. The Morgan fingerprint density at radius 3 is 3.04 bits per heavy atom. The van der Waals surface area contributed by atoms with Crippen LogP contribution in [0, 0.1) is 5.92 Å². The third-order valence-corrected chi connectivity index (χ3v) is 4.28. The average molecular weight is 359 g/mol. The number of likely N-dealkylation sites (N-methyl/N-ethyl adjacent to an activating group) is 1. The van der Waals surface area contributed by atoms with Gasteiger partial charge in [0.2, 0.25) is 0 Å². The second-order valence-corrected chi connectivity index (χ2v) is 6.45. The van der Waals surface area contributed by atoms with Crippen LogP contribution >= 0.6 is 0 Å². The summed E-state index contributed by atoms with van der Waals surface area (Å²) in [6.45, 7) is 5.72. The standard InChI is InChI=1S/C18H25N5O3/c1-3-16-21-17(26-22-16)14-6-4-5-7-15(14)20-18(24)19-10-13-11-23(2)8-9-25-12-13/h4-7,13H,3,8-12H2,1-2H3,(H2,19,20,24)/t13-/m0/s1. The minimum atomic E-state index is -0.264. The molecule has 2 N–H and O–H groups in total. The summed E-state index contributed by atoms with van der Waals surface area (Å²) < 4.78 is 10.9. The second kappa shape index (κ2) is 8.77. The van der Waals surface area contributed by atoms with Crippen LogP contribution in [0.25, 0.3) is 11.5 Å². The Labute approximate surface area is 152 Å². The number of aromatic nitrogens is 2. The maximum absolute atomic E-state index is 12.3. The summed E-state index contributed by atoms with van der Waals surface area (Å²) in [5, 5.41) is 9.70. The number of carbonyl (C=O) groups is 1. The fourth-order valence-electron chi connectivity index (χ4n) is 2.87. The molecule has 2 heterocycles. The van der Waals surface area contributed by atoms with E-state index in [0.717, 1.165) is 19.7 Å². The molecular formula is C18H25N5O3. The van der Waals surface area contributed by atoms with Crippen LogP contribution in [0.5, 0.6) is 0 Å². The minimum Gasteiger partial charge on any atom is -0.380 e. The number of hydrogen-bond donors (Lipinski definition) is 2. The lowest BCUT2D eigenvalue weighted by Crippen LogP contribution is -2.37. The van der Waals surface area contributed by atoms with Crippen LogP contribution in [0.15, 0.2) is 28.8 Å². The first-order valence-electron chi connectivity index (χ1n) is 8.88. The van der Waals surface area contributed by atoms with Crippen LogP contribution in [0.2, 0.25) is 0 Å². The molecule has 1 aromatic heterocycles. The number of carbonyl (C=O) groups excluding carboxylic acids is 1. The van der Waals surface area contributed by atoms with Crippen molar-refractivity contribution in [2.75, 3.05) is 45.2 Å². The molecule has 1 aliphatic heterocycles. The molecule has 1 fully saturated rings. The van der Waals surface area contributed by atoms with Gasteiger partial charge in [-0.15, -0.1) is 0 Å². The largest absolute Gasteiger partial charge is 0.380 e. The number of nitrogens with one attached hydrogen (secondary N) is 2. The van der Waals surface area contributed by atoms with Gasteiger partial charge in [0.25, 0.3) is 5.89 Å². The van der Waals surface area contributed by atoms with Gasteiger partial charge in [-0.1, -0.05) is 24.2 Å². The van der Waals surface area contributed by atoms with E-state index in [4.69, 9.17) is 9.26 Å². The summed E-state index contributed by atoms with van der Waals surface area (Å²) in [5.41, 5.74) is 1.33. The van der Waals surface area contributed by atoms with Gasteiger partial charge in [-0.25, -0.2) is 4.79 Å². The van der Waals surface area contributed by atoms with Gasteiger partial charge in [0.05, 0.1) is 24.5 Å². The Bertz CT molecular complexity index is 733. The SMILES string of the molecule is CCc1noc(-c2ccccc2NC(=O)NC[C@@H]2COCCN(C)C2)n1. The summed E-state index contributed by atoms with van der Waals surface area (Å²) in [6.07, 6.45) is 0.692. The molecule has 0 aliphatic carbocycles. The van der Waals surface area contributed by atoms with Gasteiger partial charge in [-0.05, 0) is 19.2 Å². The highest BCUT2D eigenvalue weighted by Gasteiger charge is 2.18. The fraction of sp³-hybridized carbons (Fsp3) is 0.500. The molecule has 0 spiro atoms. The Balaban J connectivity index is 1.60. The Morgan fingerprint density at radius 2 is 2.23 bits per heavy atom. The molecular weight excluding hydrogens is 334 g/mol. The van der Waals surface area contributed by atoms with E-state index in [1.807, 2.05) is 31.2 Å². The lowest BCUT2D eigenvalue weighted by Gasteiger charge is -2.19. The number of para-hydroxylation sites is 1. The number of amides is 2. The molecule has 140 valence electrons. The molecule has 0 saturated carbocycles. The highest BCUT2D eigenvalue weighted by molar-refractivity contribution is 5.93. The molecule has 26 heavy (non-hydrogen) atoms. The van der Waals surface area contributed by atoms with Crippen LogP contribution in [-0.4, -0.2) is 61.0 Å². The molecule has 1 aromatic carbocycles. The van der Waals surface area contributed by atoms with E-state index in [1.165, 1.54) is 0 Å². The van der Waals surface area contributed by atoms with Gasteiger partial charge in [0.1, 0.15) is 0 Å². The number of hydrogen-bond acceptors (Lipinski definition) is 6. The van der Waals surface area contributed by atoms with Crippen LogP contribution in [0.4, 0.5) is 10.5 Å². The van der Waals surface area contributed by atoms with Gasteiger partial charge in [-0.2, -0.15) is 4.98 Å². The van der Waals surface area contributed by atoms with Crippen LogP contribution in [0.3, 0.4) is 0 Å². The third-order valence-electron chi connectivity index (χ3n) is 4.28. The van der Waals surface area contributed by atoms with Crippen LogP contribution in [0.1, 0.15) is 12.7 Å². The molecule has 0 bridgehead atoms. The van der Waals surface area contributed by atoms with Gasteiger partial charge in [0, 0.05) is 32.0 Å². The number of benzene rings is 1. The molecule has 0 unspecified atom stereocenters. The molecule has 3 rings (SSSR count). The van der Waals surface area contributed by atoms with Crippen molar-refractivity contribution in [3.05, 3.63) is 30.1 Å². The molecule has 1 saturated heterocycles. The van der Waals surface area contributed by atoms with Gasteiger partial charge in [-0.3, -0.25) is 0 Å². The number of nitrogens with zero attached hydrogens (tertiary/aromatic N) is 3. The van der Waals surface area contributed by atoms with E-state index in [0.29, 0.717) is 42.5 Å². The first-order chi connectivity index (χ1) is 12.7. The summed E-state index contributed by atoms with van der Waals surface area (Å²) in [7, 11) is 2.06. The normalized spacial score (nSPS) is 18.3. The third kappa shape index (κ3) is 4.80. The van der Waals surface area contributed by atoms with E-state index in [9.17, 15) is 4.79 Å². The molecule has 2 amide bonds. The highest BCUT2D eigenvalue weighted by atomic mass is 16.5. The molecule has 2 aromatic rings. The quantitative estimate of drug-likeness (QED) is 0.848. The van der Waals surface area contributed by atoms with Crippen molar-refractivity contribution in [2.45, 2.75) is 13.3 Å². The molecule has 0 radical (unpaired) electrons. The smallest absolute Gasteiger partial charge is 0.319 e. The lowest BCUT2D eigenvalue weighted by atomic mass is 10.1. The summed E-state index contributed by atoms with van der Waals surface area (Å²) in [6, 6.07) is 7.11. The zero-order chi connectivity index (χ0) is 18.4. The summed E-state index contributed by atoms with van der Waals surface area (Å²) in [4.78, 5) is 18.9. The van der Waals surface area contributed by atoms with Crippen LogP contribution in [-0.2, 0) is 11.2 Å². The van der Waals surface area contributed by atoms with Crippen molar-refractivity contribution in [1.82, 2.24) is 20.4 Å². The van der Waals surface area contributed by atoms with Crippen molar-refractivity contribution < 1.29 is 14.1 Å². The maximum Gasteiger partial charge on any atom is 0.319 e. The molecule has 8 heteroatoms. The Morgan fingerprint density at radius 1 is 1.38 bits per heavy atom. The monoisotopic (exact) mass is 359 g/mol. The predicted octanol–water partition coefficient (Wildman–Crippen LogP) is 2.00. The van der Waals surface area contributed by atoms with E-state index in [2.05, 4.69) is 32.7 Å². The van der Waals surface area contributed by atoms with E-state index >= 15 is 0 Å². The molecule has 1 atom stereocenters. The fourth-order valence-corrected chi connectivity index (χ4v) is 2.87. The number of anilines is 1. The van der Waals surface area contributed by atoms with Gasteiger partial charge in [0.15, 0.2) is 5.82 Å². The van der Waals surface area contributed by atoms with E-state index in [-0.39, 0.29) is 11.9 Å². The van der Waals surface area contributed by atoms with Gasteiger partial charge >= 0.3 is 6.03 Å². The van der Waals surface area contributed by atoms with E-state index in [1.54, 1.807) is 0 Å². The first kappa shape index (κ1) is 18.3. The molecule has 8 nitrogen and oxygen atoms in total. The summed E-state index contributed by atoms with van der Waals surface area (Å²) >= 11 is 0. The number of ether oxygens (including phenoxy) is 1. The zero-order valence-electron chi connectivity index (χ0n) is 15.2. The van der Waals surface area contributed by atoms with Gasteiger partial charge < -0.3 is 24.8 Å².